The van der Waals surface area contributed by atoms with Gasteiger partial charge in [-0.1, -0.05) is 0 Å². The van der Waals surface area contributed by atoms with Gasteiger partial charge in [0.05, 0.1) is 10.2 Å². The van der Waals surface area contributed by atoms with E-state index < -0.39 is 60.4 Å². The van der Waals surface area contributed by atoms with Gasteiger partial charge in [-0.15, -0.1) is 0 Å². The molecule has 1 fully saturated rings. The summed E-state index contributed by atoms with van der Waals surface area (Å²) < 4.78 is 65.2. The molecule has 0 aromatic carbocycles. The first-order chi connectivity index (χ1) is 13.5. The molecule has 2 heterocycles. The number of alkyl halides is 1. The third-order valence-corrected chi connectivity index (χ3v) is 7.95. The van der Waals surface area contributed by atoms with Crippen LogP contribution in [-0.2, 0) is 31.6 Å². The van der Waals surface area contributed by atoms with E-state index in [1.807, 2.05) is 0 Å². The van der Waals surface area contributed by atoms with Gasteiger partial charge in [0.15, 0.2) is 12.4 Å². The van der Waals surface area contributed by atoms with Gasteiger partial charge in [0.2, 0.25) is 0 Å². The van der Waals surface area contributed by atoms with Gasteiger partial charge in [-0.25, -0.2) is 22.9 Å². The van der Waals surface area contributed by atoms with Crippen molar-refractivity contribution >= 4 is 51.9 Å². The predicted molar refractivity (Wildman–Crippen MR) is 100 cm³/mol. The van der Waals surface area contributed by atoms with Crippen molar-refractivity contribution < 1.29 is 60.6 Å². The molecule has 0 amide bonds. The van der Waals surface area contributed by atoms with Crippen LogP contribution in [0, 0.1) is 3.57 Å². The second kappa shape index (κ2) is 9.27. The Morgan fingerprint density at radius 1 is 1.23 bits per heavy atom. The lowest BCUT2D eigenvalue weighted by Gasteiger charge is -2.19. The van der Waals surface area contributed by atoms with Gasteiger partial charge < -0.3 is 35.2 Å². The summed E-state index contributed by atoms with van der Waals surface area (Å²) >= 11 is 1.70. The summed E-state index contributed by atoms with van der Waals surface area (Å²) in [4.78, 5) is 50.7. The first-order valence-corrected chi connectivity index (χ1v) is 12.9. The molecular formula is C9H14FIN3O13P3. The molecule has 1 saturated heterocycles. The third kappa shape index (κ3) is 6.83. The normalized spacial score (nSPS) is 28.8. The van der Waals surface area contributed by atoms with Gasteiger partial charge in [0.1, 0.15) is 18.0 Å². The minimum absolute atomic E-state index is 0.130. The highest BCUT2D eigenvalue weighted by Crippen LogP contribution is 2.66. The fourth-order valence-corrected chi connectivity index (χ4v) is 5.63. The number of halogens is 2. The Labute approximate surface area is 179 Å². The molecule has 0 aliphatic carbocycles. The van der Waals surface area contributed by atoms with Crippen LogP contribution < -0.4 is 11.4 Å². The maximum atomic E-state index is 14.4. The topological polar surface area (TPSA) is 250 Å². The molecule has 1 aromatic rings. The zero-order valence-corrected chi connectivity index (χ0v) is 19.0. The summed E-state index contributed by atoms with van der Waals surface area (Å²) in [5, 5.41) is 9.90. The third-order valence-electron chi connectivity index (χ3n) is 3.32. The number of hydrogen-bond donors (Lipinski definition) is 6. The van der Waals surface area contributed by atoms with Crippen molar-refractivity contribution in [3.05, 3.63) is 20.3 Å². The Hall–Kier alpha value is -0.330. The number of ether oxygens (including phenoxy) is 1. The van der Waals surface area contributed by atoms with Crippen LogP contribution in [0.15, 0.2) is 11.0 Å². The van der Waals surface area contributed by atoms with Gasteiger partial charge >= 0.3 is 29.2 Å². The molecule has 172 valence electrons. The standard InChI is InChI=1S/C9H14FIN3O13P3/c10-5-6(15)4(25-8(5)14-1-3(11)7(12)13-9(14)16)2-24-29(20,21)27-30(22,23)26-28(17,18)19/h1,4-6,8,15H,2H2,(H,20,21)(H,22,23)(H2,12,13,16)(H2,17,18,19)/t4-,5+,6-,8-/m1/s1. The van der Waals surface area contributed by atoms with E-state index in [1.165, 1.54) is 0 Å². The number of nitrogen functional groups attached to an aromatic ring is 1. The fraction of sp³-hybridized carbons (Fsp3) is 0.556. The Kier molecular flexibility index (Phi) is 8.01. The lowest BCUT2D eigenvalue weighted by atomic mass is 10.1. The average molecular weight is 611 g/mol. The molecule has 0 radical (unpaired) electrons. The zero-order chi connectivity index (χ0) is 23.1. The van der Waals surface area contributed by atoms with Gasteiger partial charge in [-0.2, -0.15) is 13.6 Å². The van der Waals surface area contributed by atoms with Crippen molar-refractivity contribution in [3.8, 4) is 0 Å². The van der Waals surface area contributed by atoms with Gasteiger partial charge in [-0.3, -0.25) is 9.09 Å². The monoisotopic (exact) mass is 611 g/mol. The van der Waals surface area contributed by atoms with Crippen LogP contribution in [0.25, 0.3) is 0 Å². The van der Waals surface area contributed by atoms with Gasteiger partial charge in [0.25, 0.3) is 0 Å². The second-order valence-electron chi connectivity index (χ2n) is 5.55. The molecule has 1 aromatic heterocycles. The van der Waals surface area contributed by atoms with E-state index in [4.69, 9.17) is 25.2 Å². The molecule has 1 aliphatic heterocycles. The van der Waals surface area contributed by atoms with Crippen molar-refractivity contribution in [1.29, 1.82) is 0 Å². The molecule has 7 N–H and O–H groups in total. The van der Waals surface area contributed by atoms with E-state index in [0.29, 0.717) is 4.57 Å². The predicted octanol–water partition coefficient (Wildman–Crippen LogP) is -0.630. The van der Waals surface area contributed by atoms with Crippen molar-refractivity contribution in [2.45, 2.75) is 24.6 Å². The molecule has 21 heteroatoms. The van der Waals surface area contributed by atoms with Crippen LogP contribution in [0.5, 0.6) is 0 Å². The average Bonchev–Trinajstić information content (AvgIpc) is 2.81. The highest BCUT2D eigenvalue weighted by Gasteiger charge is 2.48. The zero-order valence-electron chi connectivity index (χ0n) is 14.2. The lowest BCUT2D eigenvalue weighted by molar-refractivity contribution is -0.0482. The molecular weight excluding hydrogens is 597 g/mol. The summed E-state index contributed by atoms with van der Waals surface area (Å²) in [6.45, 7) is -1.10. The molecule has 0 bridgehead atoms. The first kappa shape index (κ1) is 25.9. The Morgan fingerprint density at radius 3 is 2.40 bits per heavy atom. The number of nitrogens with two attached hydrogens (primary N) is 1. The van der Waals surface area contributed by atoms with E-state index in [1.54, 1.807) is 22.6 Å². The van der Waals surface area contributed by atoms with Crippen LogP contribution >= 0.6 is 46.1 Å². The quantitative estimate of drug-likeness (QED) is 0.158. The number of hydrogen-bond acceptors (Lipinski definition) is 11. The number of phosphoric ester groups is 1. The van der Waals surface area contributed by atoms with Gasteiger partial charge in [-0.05, 0) is 22.6 Å². The van der Waals surface area contributed by atoms with E-state index in [9.17, 15) is 32.9 Å². The van der Waals surface area contributed by atoms with E-state index in [-0.39, 0.29) is 9.39 Å². The van der Waals surface area contributed by atoms with Crippen LogP contribution in [0.2, 0.25) is 0 Å². The highest BCUT2D eigenvalue weighted by atomic mass is 127. The lowest BCUT2D eigenvalue weighted by Crippen LogP contribution is -2.34. The smallest absolute Gasteiger partial charge is 0.387 e. The number of anilines is 1. The SMILES string of the molecule is Nc1nc(=O)n([C@@H]2O[C@H](COP(=O)(O)OP(=O)(O)OP(=O)(O)O)[C@@H](O)[C@@H]2F)cc1I. The van der Waals surface area contributed by atoms with Crippen molar-refractivity contribution in [2.75, 3.05) is 12.3 Å². The number of rotatable bonds is 8. The fourth-order valence-electron chi connectivity index (χ4n) is 2.18. The van der Waals surface area contributed by atoms with Crippen molar-refractivity contribution in [1.82, 2.24) is 9.55 Å². The van der Waals surface area contributed by atoms with E-state index in [2.05, 4.69) is 18.1 Å². The molecule has 2 rings (SSSR count). The minimum Gasteiger partial charge on any atom is -0.387 e. The second-order valence-corrected chi connectivity index (χ2v) is 11.1. The number of aliphatic hydroxyl groups excluding tert-OH is 1. The van der Waals surface area contributed by atoms with Gasteiger partial charge in [0, 0.05) is 6.20 Å². The maximum absolute atomic E-state index is 14.4. The summed E-state index contributed by atoms with van der Waals surface area (Å²) in [6.07, 6.45) is -6.50. The summed E-state index contributed by atoms with van der Waals surface area (Å²) in [6, 6.07) is 0. The Bertz CT molecular complexity index is 1000. The van der Waals surface area contributed by atoms with E-state index >= 15 is 0 Å². The van der Waals surface area contributed by atoms with Crippen LogP contribution in [0.4, 0.5) is 10.2 Å². The Morgan fingerprint density at radius 2 is 1.83 bits per heavy atom. The van der Waals surface area contributed by atoms with Crippen LogP contribution in [0.1, 0.15) is 6.23 Å². The van der Waals surface area contributed by atoms with Crippen molar-refractivity contribution in [2.24, 2.45) is 0 Å². The molecule has 30 heavy (non-hydrogen) atoms. The summed E-state index contributed by atoms with van der Waals surface area (Å²) in [7, 11) is -16.8. The summed E-state index contributed by atoms with van der Waals surface area (Å²) in [5.41, 5.74) is 4.44. The first-order valence-electron chi connectivity index (χ1n) is 7.31. The van der Waals surface area contributed by atoms with Crippen molar-refractivity contribution in [3.63, 3.8) is 0 Å². The molecule has 16 nitrogen and oxygen atoms in total. The maximum Gasteiger partial charge on any atom is 0.490 e. The minimum atomic E-state index is -5.75. The number of aromatic nitrogens is 2. The Balaban J connectivity index is 2.09. The molecule has 1 aliphatic rings. The molecule has 0 saturated carbocycles. The van der Waals surface area contributed by atoms with E-state index in [0.717, 1.165) is 6.20 Å². The largest absolute Gasteiger partial charge is 0.490 e. The molecule has 6 atom stereocenters. The molecule has 2 unspecified atom stereocenters. The van der Waals surface area contributed by atoms with Crippen LogP contribution in [-0.4, -0.2) is 59.2 Å². The van der Waals surface area contributed by atoms with Crippen LogP contribution in [0.3, 0.4) is 0 Å². The summed E-state index contributed by atoms with van der Waals surface area (Å²) in [5.74, 6) is -0.130. The highest BCUT2D eigenvalue weighted by molar-refractivity contribution is 14.1. The molecule has 0 spiro atoms. The number of aliphatic hydroxyl groups is 1. The number of phosphoric acid groups is 3. The number of nitrogens with zero attached hydrogens (tertiary/aromatic N) is 2.